The van der Waals surface area contributed by atoms with Gasteiger partial charge < -0.3 is 0 Å². The number of imidazole rings is 1. The first kappa shape index (κ1) is 18.0. The number of hydrogen-bond donors (Lipinski definition) is 3. The molecule has 1 aliphatic rings. The second kappa shape index (κ2) is 7.31. The summed E-state index contributed by atoms with van der Waals surface area (Å²) in [6.45, 7) is 0.505. The van der Waals surface area contributed by atoms with Crippen molar-refractivity contribution in [1.82, 2.24) is 19.5 Å². The van der Waals surface area contributed by atoms with E-state index in [1.54, 1.807) is 10.9 Å². The Morgan fingerprint density at radius 3 is 2.85 bits per heavy atom. The van der Waals surface area contributed by atoms with E-state index in [2.05, 4.69) is 20.3 Å². The molecule has 7 nitrogen and oxygen atoms in total. The van der Waals surface area contributed by atoms with Crippen molar-refractivity contribution in [3.8, 4) is 0 Å². The molecule has 0 radical (unpaired) electrons. The molecule has 1 aliphatic heterocycles. The molecule has 0 unspecified atom stereocenters. The Bertz CT molecular complexity index is 954. The monoisotopic (exact) mass is 459 g/mol. The maximum absolute atomic E-state index is 10.2. The minimum atomic E-state index is -0.830. The molecule has 3 heterocycles. The molecule has 3 N–H and O–H groups in total. The fourth-order valence-electron chi connectivity index (χ4n) is 2.86. The Morgan fingerprint density at radius 2 is 2.12 bits per heavy atom. The van der Waals surface area contributed by atoms with Crippen LogP contribution < -0.4 is 5.32 Å². The first-order valence-corrected chi connectivity index (χ1v) is 10.8. The molecule has 3 aromatic rings. The average molecular weight is 459 g/mol. The minimum absolute atomic E-state index is 0.0399. The van der Waals surface area contributed by atoms with Crippen LogP contribution in [0.15, 0.2) is 30.6 Å². The zero-order chi connectivity index (χ0) is 18.3. The number of aliphatic hydroxyl groups is 2. The summed E-state index contributed by atoms with van der Waals surface area (Å²) in [5, 5.41) is 24.6. The topological polar surface area (TPSA) is 96.1 Å². The second-order valence-corrected chi connectivity index (χ2v) is 9.12. The van der Waals surface area contributed by atoms with Crippen molar-refractivity contribution in [3.05, 3.63) is 46.5 Å². The van der Waals surface area contributed by atoms with Crippen LogP contribution in [0.1, 0.15) is 10.5 Å². The molecule has 26 heavy (non-hydrogen) atoms. The van der Waals surface area contributed by atoms with Crippen LogP contribution in [0.3, 0.4) is 0 Å². The van der Waals surface area contributed by atoms with Gasteiger partial charge in [0.25, 0.3) is 0 Å². The van der Waals surface area contributed by atoms with E-state index < -0.39 is 12.2 Å². The summed E-state index contributed by atoms with van der Waals surface area (Å²) < 4.78 is 1.79. The van der Waals surface area contributed by atoms with E-state index in [1.165, 1.54) is 0 Å². The zero-order valence-electron chi connectivity index (χ0n) is 13.4. The predicted molar refractivity (Wildman–Crippen MR) is 101 cm³/mol. The van der Waals surface area contributed by atoms with Crippen molar-refractivity contribution in [1.29, 1.82) is 0 Å². The van der Waals surface area contributed by atoms with Gasteiger partial charge in [-0.25, -0.2) is 0 Å². The molecule has 2 aromatic heterocycles. The Labute approximate surface area is 165 Å². The van der Waals surface area contributed by atoms with E-state index in [-0.39, 0.29) is 25.2 Å². The molecular formula is C16H15Cl2N5O2Se. The van der Waals surface area contributed by atoms with Crippen molar-refractivity contribution in [2.24, 2.45) is 0 Å². The molecule has 0 aliphatic carbocycles. The van der Waals surface area contributed by atoms with Gasteiger partial charge in [-0.3, -0.25) is 0 Å². The van der Waals surface area contributed by atoms with Crippen LogP contribution in [0.4, 0.5) is 5.82 Å². The van der Waals surface area contributed by atoms with Crippen LogP contribution in [-0.2, 0) is 6.54 Å². The molecule has 4 rings (SSSR count). The van der Waals surface area contributed by atoms with Crippen LogP contribution in [0.2, 0.25) is 15.6 Å². The standard InChI is InChI=1S/C16H15Cl2N5O2Se/c17-9-3-1-2-8(4-9)5-19-13-11-14(22-16(18)21-13)23(7-20-11)15-12(25)10(24)6-26-15/h1-4,7,10,12,15,24-25H,5-6H2,(H,19,21,22)/t10-,12-,15-/m1/s1. The number of anilines is 1. The third-order valence-corrected chi connectivity index (χ3v) is 7.44. The third-order valence-electron chi connectivity index (χ3n) is 4.14. The van der Waals surface area contributed by atoms with Crippen molar-refractivity contribution < 1.29 is 10.2 Å². The summed E-state index contributed by atoms with van der Waals surface area (Å²) in [7, 11) is 0. The Hall–Kier alpha value is -1.41. The van der Waals surface area contributed by atoms with Gasteiger partial charge in [-0.15, -0.1) is 0 Å². The maximum atomic E-state index is 10.2. The molecular weight excluding hydrogens is 444 g/mol. The normalized spacial score (nSPS) is 22.8. The van der Waals surface area contributed by atoms with Crippen LogP contribution in [0, 0.1) is 0 Å². The number of nitrogens with one attached hydrogen (secondary N) is 1. The van der Waals surface area contributed by atoms with Crippen LogP contribution in [-0.4, -0.2) is 56.9 Å². The van der Waals surface area contributed by atoms with Gasteiger partial charge in [-0.1, -0.05) is 0 Å². The Morgan fingerprint density at radius 1 is 1.27 bits per heavy atom. The summed E-state index contributed by atoms with van der Waals surface area (Å²) in [5.74, 6) is 0.513. The van der Waals surface area contributed by atoms with E-state index >= 15 is 0 Å². The number of aliphatic hydroxyl groups excluding tert-OH is 2. The van der Waals surface area contributed by atoms with Crippen molar-refractivity contribution in [2.75, 3.05) is 5.32 Å². The van der Waals surface area contributed by atoms with E-state index in [0.717, 1.165) is 5.56 Å². The van der Waals surface area contributed by atoms with Crippen molar-refractivity contribution in [2.45, 2.75) is 29.0 Å². The molecule has 136 valence electrons. The Balaban J connectivity index is 1.66. The van der Waals surface area contributed by atoms with Gasteiger partial charge in [-0.05, 0) is 0 Å². The molecule has 0 bridgehead atoms. The molecule has 0 saturated carbocycles. The Kier molecular flexibility index (Phi) is 5.05. The van der Waals surface area contributed by atoms with Gasteiger partial charge in [0.15, 0.2) is 0 Å². The van der Waals surface area contributed by atoms with E-state index in [4.69, 9.17) is 23.2 Å². The van der Waals surface area contributed by atoms with Gasteiger partial charge >= 0.3 is 166 Å². The number of benzene rings is 1. The number of fused-ring (bicyclic) bond motifs is 1. The molecule has 0 spiro atoms. The van der Waals surface area contributed by atoms with Gasteiger partial charge in [0, 0.05) is 0 Å². The summed E-state index contributed by atoms with van der Waals surface area (Å²) in [6.07, 6.45) is 0.0766. The predicted octanol–water partition coefficient (Wildman–Crippen LogP) is 2.10. The van der Waals surface area contributed by atoms with Crippen LogP contribution in [0.5, 0.6) is 0 Å². The van der Waals surface area contributed by atoms with Crippen LogP contribution in [0.25, 0.3) is 11.2 Å². The van der Waals surface area contributed by atoms with E-state index in [1.807, 2.05) is 24.3 Å². The molecule has 10 heteroatoms. The summed E-state index contributed by atoms with van der Waals surface area (Å²) in [5.41, 5.74) is 2.11. The molecule has 1 aromatic carbocycles. The SMILES string of the molecule is O[C@@H]1[C@H](O)C[Se][C@H]1n1cnc2c(NCc3cccc(Cl)c3)nc(Cl)nc21. The average Bonchev–Trinajstić information content (AvgIpc) is 3.17. The summed E-state index contributed by atoms with van der Waals surface area (Å²) in [6, 6.07) is 7.52. The fourth-order valence-corrected chi connectivity index (χ4v) is 5.93. The first-order valence-electron chi connectivity index (χ1n) is 7.89. The number of hydrogen-bond acceptors (Lipinski definition) is 6. The van der Waals surface area contributed by atoms with Crippen LogP contribution >= 0.6 is 23.2 Å². The summed E-state index contributed by atoms with van der Waals surface area (Å²) >= 11 is 12.2. The molecule has 0 amide bonds. The molecule has 1 saturated heterocycles. The van der Waals surface area contributed by atoms with Crippen molar-refractivity contribution >= 4 is 55.1 Å². The first-order chi connectivity index (χ1) is 12.5. The third kappa shape index (κ3) is 3.41. The van der Waals surface area contributed by atoms with Gasteiger partial charge in [0.05, 0.1) is 0 Å². The molecule has 1 fully saturated rings. The number of halogens is 2. The number of aromatic nitrogens is 4. The summed E-state index contributed by atoms with van der Waals surface area (Å²) in [4.78, 5) is 12.7. The van der Waals surface area contributed by atoms with Gasteiger partial charge in [0.1, 0.15) is 0 Å². The van der Waals surface area contributed by atoms with E-state index in [9.17, 15) is 10.2 Å². The van der Waals surface area contributed by atoms with Gasteiger partial charge in [0.2, 0.25) is 0 Å². The number of rotatable bonds is 4. The molecule has 3 atom stereocenters. The van der Waals surface area contributed by atoms with E-state index in [0.29, 0.717) is 33.9 Å². The second-order valence-electron chi connectivity index (χ2n) is 5.93. The quantitative estimate of drug-likeness (QED) is 0.409. The fraction of sp³-hybridized carbons (Fsp3) is 0.312. The number of nitrogens with zero attached hydrogens (tertiary/aromatic N) is 4. The van der Waals surface area contributed by atoms with Gasteiger partial charge in [-0.2, -0.15) is 0 Å². The zero-order valence-corrected chi connectivity index (χ0v) is 16.6. The van der Waals surface area contributed by atoms with Crippen molar-refractivity contribution in [3.63, 3.8) is 0 Å².